The summed E-state index contributed by atoms with van der Waals surface area (Å²) < 4.78 is 26.8. The van der Waals surface area contributed by atoms with Crippen LogP contribution in [0.1, 0.15) is 72.7 Å². The van der Waals surface area contributed by atoms with Gasteiger partial charge >= 0.3 is 0 Å². The Hall–Kier alpha value is -2.96. The third kappa shape index (κ3) is 5.29. The van der Waals surface area contributed by atoms with Gasteiger partial charge in [-0.15, -0.1) is 0 Å². The first-order chi connectivity index (χ1) is 18.7. The number of rotatable bonds is 8. The lowest BCUT2D eigenvalue weighted by Crippen LogP contribution is -2.53. The Morgan fingerprint density at radius 1 is 1.00 bits per heavy atom. The highest BCUT2D eigenvalue weighted by Gasteiger charge is 2.29. The number of alkyl halides is 1. The van der Waals surface area contributed by atoms with Crippen molar-refractivity contribution < 1.29 is 13.9 Å². The molecule has 1 unspecified atom stereocenters. The summed E-state index contributed by atoms with van der Waals surface area (Å²) in [6, 6.07) is 17.3. The molecule has 3 aliphatic rings. The van der Waals surface area contributed by atoms with Crippen molar-refractivity contribution in [2.24, 2.45) is 0 Å². The third-order valence-electron chi connectivity index (χ3n) is 8.12. The van der Waals surface area contributed by atoms with Gasteiger partial charge in [0.25, 0.3) is 0 Å². The number of likely N-dealkylation sites (tertiary alicyclic amines) is 1. The molecule has 2 fully saturated rings. The second kappa shape index (κ2) is 11.4. The molecule has 0 N–H and O–H groups in total. The van der Waals surface area contributed by atoms with Gasteiger partial charge in [0.1, 0.15) is 18.1 Å². The van der Waals surface area contributed by atoms with Crippen LogP contribution in [0.25, 0.3) is 11.1 Å². The van der Waals surface area contributed by atoms with Crippen molar-refractivity contribution in [1.82, 2.24) is 14.7 Å². The van der Waals surface area contributed by atoms with Crippen molar-refractivity contribution in [3.8, 4) is 5.75 Å². The van der Waals surface area contributed by atoms with E-state index in [1.807, 2.05) is 0 Å². The van der Waals surface area contributed by atoms with Crippen molar-refractivity contribution >= 4 is 11.1 Å². The number of ether oxygens (including phenoxy) is 2. The maximum atomic E-state index is 12.4. The number of halogens is 1. The van der Waals surface area contributed by atoms with Crippen LogP contribution in [0, 0.1) is 6.92 Å². The predicted octanol–water partition coefficient (Wildman–Crippen LogP) is 6.61. The predicted molar refractivity (Wildman–Crippen MR) is 149 cm³/mol. The molecule has 200 valence electrons. The first-order valence-electron chi connectivity index (χ1n) is 14.2. The maximum absolute atomic E-state index is 12.4. The second-order valence-corrected chi connectivity index (χ2v) is 10.9. The number of aromatic nitrogens is 2. The van der Waals surface area contributed by atoms with E-state index in [0.29, 0.717) is 6.42 Å². The van der Waals surface area contributed by atoms with Gasteiger partial charge in [0, 0.05) is 38.0 Å². The highest BCUT2D eigenvalue weighted by molar-refractivity contribution is 6.00. The summed E-state index contributed by atoms with van der Waals surface area (Å²) in [5.41, 5.74) is 8.88. The molecule has 0 spiro atoms. The molecule has 6 rings (SSSR count). The Labute approximate surface area is 225 Å². The molecule has 2 aliphatic heterocycles. The molecule has 0 saturated carbocycles. The Bertz CT molecular complexity index is 1270. The average Bonchev–Trinajstić information content (AvgIpc) is 3.26. The quantitative estimate of drug-likeness (QED) is 0.339. The second-order valence-electron chi connectivity index (χ2n) is 10.9. The summed E-state index contributed by atoms with van der Waals surface area (Å²) >= 11 is 0. The van der Waals surface area contributed by atoms with Crippen molar-refractivity contribution in [1.29, 1.82) is 0 Å². The lowest BCUT2D eigenvalue weighted by molar-refractivity contribution is -0.0396. The number of aryl methyl sites for hydroxylation is 2. The van der Waals surface area contributed by atoms with E-state index in [4.69, 9.17) is 14.6 Å². The standard InChI is InChI=1S/C32H38FN3O2/c1-23-8-2-3-9-27(23)28-10-6-11-30-29(22-36(34-30)31-12-4-5-19-37-31)32(28)24-13-15-25(16-14-24)38-26-20-35(21-26)18-7-17-33/h2-3,8-9,13-16,22,26,31H,4-7,10-12,17-21H2,1H3. The van der Waals surface area contributed by atoms with Crippen LogP contribution in [-0.2, 0) is 11.2 Å². The van der Waals surface area contributed by atoms with Crippen LogP contribution in [0.5, 0.6) is 5.75 Å². The van der Waals surface area contributed by atoms with Crippen LogP contribution in [0.4, 0.5) is 4.39 Å². The van der Waals surface area contributed by atoms with E-state index in [2.05, 4.69) is 71.2 Å². The number of benzene rings is 2. The van der Waals surface area contributed by atoms with Crippen LogP contribution in [-0.4, -0.2) is 53.7 Å². The zero-order chi connectivity index (χ0) is 25.9. The van der Waals surface area contributed by atoms with E-state index >= 15 is 0 Å². The van der Waals surface area contributed by atoms with Crippen LogP contribution in [0.15, 0.2) is 54.7 Å². The number of fused-ring (bicyclic) bond motifs is 1. The van der Waals surface area contributed by atoms with E-state index < -0.39 is 0 Å². The van der Waals surface area contributed by atoms with Gasteiger partial charge in [-0.3, -0.25) is 9.29 Å². The molecule has 1 aromatic heterocycles. The minimum atomic E-state index is -0.252. The van der Waals surface area contributed by atoms with E-state index in [9.17, 15) is 4.39 Å². The zero-order valence-electron chi connectivity index (χ0n) is 22.4. The SMILES string of the molecule is Cc1ccccc1C1=C(c2ccc(OC3CN(CCCF)C3)cc2)c2cn(C3CCCCO3)nc2CCC1. The zero-order valence-corrected chi connectivity index (χ0v) is 22.4. The van der Waals surface area contributed by atoms with Crippen LogP contribution < -0.4 is 4.74 Å². The Morgan fingerprint density at radius 3 is 2.61 bits per heavy atom. The summed E-state index contributed by atoms with van der Waals surface area (Å²) in [7, 11) is 0. The lowest BCUT2D eigenvalue weighted by atomic mass is 9.88. The van der Waals surface area contributed by atoms with Crippen molar-refractivity contribution in [2.75, 3.05) is 32.9 Å². The molecule has 5 nitrogen and oxygen atoms in total. The highest BCUT2D eigenvalue weighted by atomic mass is 19.1. The Morgan fingerprint density at radius 2 is 1.84 bits per heavy atom. The summed E-state index contributed by atoms with van der Waals surface area (Å²) in [5.74, 6) is 0.891. The lowest BCUT2D eigenvalue weighted by Gasteiger charge is -2.38. The highest BCUT2D eigenvalue weighted by Crippen LogP contribution is 2.41. The molecule has 3 heterocycles. The van der Waals surface area contributed by atoms with Gasteiger partial charge in [-0.25, -0.2) is 4.68 Å². The molecular formula is C32H38FN3O2. The number of hydrogen-bond acceptors (Lipinski definition) is 4. The van der Waals surface area contributed by atoms with Gasteiger partial charge in [0.15, 0.2) is 0 Å². The van der Waals surface area contributed by atoms with Crippen LogP contribution >= 0.6 is 0 Å². The van der Waals surface area contributed by atoms with Crippen LogP contribution in [0.2, 0.25) is 0 Å². The average molecular weight is 516 g/mol. The Balaban J connectivity index is 1.33. The summed E-state index contributed by atoms with van der Waals surface area (Å²) in [5, 5.41) is 5.07. The molecule has 0 radical (unpaired) electrons. The van der Waals surface area contributed by atoms with Crippen molar-refractivity contribution in [3.05, 3.63) is 82.7 Å². The molecular weight excluding hydrogens is 477 g/mol. The molecule has 3 aromatic rings. The van der Waals surface area contributed by atoms with Gasteiger partial charge in [0.05, 0.1) is 12.4 Å². The third-order valence-corrected chi connectivity index (χ3v) is 8.12. The number of allylic oxidation sites excluding steroid dienone is 1. The van der Waals surface area contributed by atoms with E-state index in [-0.39, 0.29) is 19.0 Å². The molecule has 0 amide bonds. The largest absolute Gasteiger partial charge is 0.488 e. The molecule has 2 aromatic carbocycles. The maximum Gasteiger partial charge on any atom is 0.150 e. The summed E-state index contributed by atoms with van der Waals surface area (Å²) in [6.07, 6.45) is 9.43. The van der Waals surface area contributed by atoms with Gasteiger partial charge in [-0.1, -0.05) is 36.4 Å². The topological polar surface area (TPSA) is 39.5 Å². The molecule has 1 aliphatic carbocycles. The summed E-state index contributed by atoms with van der Waals surface area (Å²) in [6.45, 7) is 5.32. The van der Waals surface area contributed by atoms with E-state index in [1.165, 1.54) is 45.5 Å². The number of nitrogens with zero attached hydrogens (tertiary/aromatic N) is 3. The fourth-order valence-electron chi connectivity index (χ4n) is 6.09. The van der Waals surface area contributed by atoms with Gasteiger partial charge in [0.2, 0.25) is 0 Å². The molecule has 2 saturated heterocycles. The fraction of sp³-hybridized carbons (Fsp3) is 0.469. The van der Waals surface area contributed by atoms with E-state index in [0.717, 1.165) is 64.1 Å². The molecule has 1 atom stereocenters. The minimum absolute atomic E-state index is 0.0292. The summed E-state index contributed by atoms with van der Waals surface area (Å²) in [4.78, 5) is 2.25. The Kier molecular flexibility index (Phi) is 7.61. The van der Waals surface area contributed by atoms with Crippen LogP contribution in [0.3, 0.4) is 0 Å². The van der Waals surface area contributed by atoms with E-state index in [1.54, 1.807) is 0 Å². The monoisotopic (exact) mass is 515 g/mol. The van der Waals surface area contributed by atoms with Crippen molar-refractivity contribution in [2.45, 2.75) is 64.2 Å². The minimum Gasteiger partial charge on any atom is -0.488 e. The van der Waals surface area contributed by atoms with Gasteiger partial charge in [-0.2, -0.15) is 5.10 Å². The smallest absolute Gasteiger partial charge is 0.150 e. The first-order valence-corrected chi connectivity index (χ1v) is 14.2. The normalized spacial score (nSPS) is 20.6. The van der Waals surface area contributed by atoms with Crippen molar-refractivity contribution in [3.63, 3.8) is 0 Å². The fourth-order valence-corrected chi connectivity index (χ4v) is 6.09. The molecule has 38 heavy (non-hydrogen) atoms. The molecule has 0 bridgehead atoms. The van der Waals surface area contributed by atoms with Gasteiger partial charge in [-0.05, 0) is 91.8 Å². The first kappa shape index (κ1) is 25.3. The van der Waals surface area contributed by atoms with Gasteiger partial charge < -0.3 is 9.47 Å². The number of hydrogen-bond donors (Lipinski definition) is 0. The molecule has 6 heteroatoms.